The summed E-state index contributed by atoms with van der Waals surface area (Å²) < 4.78 is 5.29. The molecule has 1 fully saturated rings. The maximum absolute atomic E-state index is 12.1. The first kappa shape index (κ1) is 13.4. The van der Waals surface area contributed by atoms with E-state index >= 15 is 0 Å². The zero-order chi connectivity index (χ0) is 13.6. The molecule has 1 N–H and O–H groups in total. The SMILES string of the molecule is CC(C)(C)OC(=O)C1=C([O-])CC2(O)CCCC1C2. The van der Waals surface area contributed by atoms with Crippen molar-refractivity contribution >= 4 is 5.97 Å². The van der Waals surface area contributed by atoms with E-state index in [1.807, 2.05) is 0 Å². The number of hydrogen-bond donors (Lipinski definition) is 1. The van der Waals surface area contributed by atoms with Gasteiger partial charge < -0.3 is 14.9 Å². The lowest BCUT2D eigenvalue weighted by molar-refractivity contribution is -0.318. The Morgan fingerprint density at radius 3 is 2.78 bits per heavy atom. The van der Waals surface area contributed by atoms with E-state index in [4.69, 9.17) is 4.74 Å². The van der Waals surface area contributed by atoms with Crippen molar-refractivity contribution < 1.29 is 19.7 Å². The van der Waals surface area contributed by atoms with Crippen molar-refractivity contribution in [3.05, 3.63) is 11.3 Å². The van der Waals surface area contributed by atoms with Gasteiger partial charge in [-0.2, -0.15) is 0 Å². The molecule has 4 heteroatoms. The van der Waals surface area contributed by atoms with E-state index in [1.165, 1.54) is 0 Å². The predicted octanol–water partition coefficient (Wildman–Crippen LogP) is 1.27. The number of carbonyl (C=O) groups excluding carboxylic acids is 1. The maximum atomic E-state index is 12.1. The minimum atomic E-state index is -0.883. The van der Waals surface area contributed by atoms with E-state index in [9.17, 15) is 15.0 Å². The number of esters is 1. The Morgan fingerprint density at radius 2 is 2.17 bits per heavy atom. The van der Waals surface area contributed by atoms with Crippen molar-refractivity contribution in [2.75, 3.05) is 0 Å². The zero-order valence-electron chi connectivity index (χ0n) is 11.3. The fourth-order valence-corrected chi connectivity index (χ4v) is 2.98. The Balaban J connectivity index is 2.23. The van der Waals surface area contributed by atoms with Crippen molar-refractivity contribution in [2.45, 2.75) is 64.1 Å². The third-order valence-electron chi connectivity index (χ3n) is 3.64. The van der Waals surface area contributed by atoms with Gasteiger partial charge in [-0.3, -0.25) is 0 Å². The molecule has 0 radical (unpaired) electrons. The first-order chi connectivity index (χ1) is 8.20. The van der Waals surface area contributed by atoms with Crippen LogP contribution in [0.1, 0.15) is 52.9 Å². The van der Waals surface area contributed by atoms with Gasteiger partial charge in [0, 0.05) is 5.57 Å². The zero-order valence-corrected chi connectivity index (χ0v) is 11.3. The molecule has 1 saturated carbocycles. The minimum absolute atomic E-state index is 0.0675. The summed E-state index contributed by atoms with van der Waals surface area (Å²) in [6, 6.07) is 0. The maximum Gasteiger partial charge on any atom is 0.333 e. The fourth-order valence-electron chi connectivity index (χ4n) is 2.98. The molecule has 2 atom stereocenters. The van der Waals surface area contributed by atoms with Gasteiger partial charge in [0.1, 0.15) is 5.60 Å². The lowest BCUT2D eigenvalue weighted by atomic mass is 9.68. The molecule has 2 bridgehead atoms. The Morgan fingerprint density at radius 1 is 1.50 bits per heavy atom. The summed E-state index contributed by atoms with van der Waals surface area (Å²) in [7, 11) is 0. The van der Waals surface area contributed by atoms with Crippen LogP contribution in [0.2, 0.25) is 0 Å². The molecule has 0 aromatic rings. The van der Waals surface area contributed by atoms with Crippen molar-refractivity contribution in [2.24, 2.45) is 5.92 Å². The quantitative estimate of drug-likeness (QED) is 0.714. The second kappa shape index (κ2) is 4.26. The average Bonchev–Trinajstić information content (AvgIpc) is 2.11. The highest BCUT2D eigenvalue weighted by Crippen LogP contribution is 2.44. The highest BCUT2D eigenvalue weighted by Gasteiger charge is 2.42. The molecule has 102 valence electrons. The Hall–Kier alpha value is -1.03. The first-order valence-electron chi connectivity index (χ1n) is 6.56. The van der Waals surface area contributed by atoms with Gasteiger partial charge in [-0.15, -0.1) is 5.76 Å². The van der Waals surface area contributed by atoms with Crippen LogP contribution in [0.3, 0.4) is 0 Å². The summed E-state index contributed by atoms with van der Waals surface area (Å²) >= 11 is 0. The third kappa shape index (κ3) is 2.69. The molecular formula is C14H21O4-. The molecule has 0 saturated heterocycles. The van der Waals surface area contributed by atoms with E-state index < -0.39 is 17.2 Å². The molecule has 2 rings (SSSR count). The van der Waals surface area contributed by atoms with Crippen LogP contribution in [-0.4, -0.2) is 22.3 Å². The molecule has 0 aromatic heterocycles. The van der Waals surface area contributed by atoms with Crippen LogP contribution >= 0.6 is 0 Å². The normalized spacial score (nSPS) is 32.3. The highest BCUT2D eigenvalue weighted by molar-refractivity contribution is 5.90. The summed E-state index contributed by atoms with van der Waals surface area (Å²) in [5.74, 6) is -0.857. The minimum Gasteiger partial charge on any atom is -0.875 e. The van der Waals surface area contributed by atoms with Crippen molar-refractivity contribution in [1.82, 2.24) is 0 Å². The molecule has 2 unspecified atom stereocenters. The second-order valence-corrected chi connectivity index (χ2v) is 6.53. The van der Waals surface area contributed by atoms with E-state index in [0.717, 1.165) is 12.8 Å². The molecule has 4 nitrogen and oxygen atoms in total. The van der Waals surface area contributed by atoms with Crippen LogP contribution in [0.5, 0.6) is 0 Å². The van der Waals surface area contributed by atoms with E-state index in [2.05, 4.69) is 0 Å². The highest BCUT2D eigenvalue weighted by atomic mass is 16.6. The molecular weight excluding hydrogens is 232 g/mol. The van der Waals surface area contributed by atoms with Crippen LogP contribution in [0.25, 0.3) is 0 Å². The summed E-state index contributed by atoms with van der Waals surface area (Å²) in [4.78, 5) is 12.1. The molecule has 2 aliphatic carbocycles. The lowest BCUT2D eigenvalue weighted by Crippen LogP contribution is -2.44. The Bertz CT molecular complexity index is 391. The number of carbonyl (C=O) groups is 1. The molecule has 0 amide bonds. The van der Waals surface area contributed by atoms with Gasteiger partial charge in [-0.1, -0.05) is 0 Å². The molecule has 2 aliphatic rings. The number of ether oxygens (including phenoxy) is 1. The van der Waals surface area contributed by atoms with E-state index in [0.29, 0.717) is 12.8 Å². The number of fused-ring (bicyclic) bond motifs is 2. The van der Waals surface area contributed by atoms with Gasteiger partial charge in [0.2, 0.25) is 0 Å². The van der Waals surface area contributed by atoms with Gasteiger partial charge in [0.25, 0.3) is 0 Å². The number of aliphatic hydroxyl groups is 1. The van der Waals surface area contributed by atoms with Crippen molar-refractivity contribution in [3.8, 4) is 0 Å². The van der Waals surface area contributed by atoms with Gasteiger partial charge in [0.05, 0.1) is 5.60 Å². The van der Waals surface area contributed by atoms with Crippen molar-refractivity contribution in [3.63, 3.8) is 0 Å². The lowest BCUT2D eigenvalue weighted by Gasteiger charge is -2.45. The summed E-state index contributed by atoms with van der Waals surface area (Å²) in [5, 5.41) is 22.3. The smallest absolute Gasteiger partial charge is 0.333 e. The number of hydrogen-bond acceptors (Lipinski definition) is 4. The van der Waals surface area contributed by atoms with E-state index in [-0.39, 0.29) is 23.7 Å². The Labute approximate surface area is 108 Å². The number of rotatable bonds is 1. The van der Waals surface area contributed by atoms with Crippen LogP contribution in [0.15, 0.2) is 11.3 Å². The molecule has 0 spiro atoms. The predicted molar refractivity (Wildman–Crippen MR) is 64.4 cm³/mol. The van der Waals surface area contributed by atoms with Gasteiger partial charge in [0.15, 0.2) is 0 Å². The molecule has 0 heterocycles. The molecule has 0 aliphatic heterocycles. The molecule has 18 heavy (non-hydrogen) atoms. The molecule has 0 aromatic carbocycles. The summed E-state index contributed by atoms with van der Waals surface area (Å²) in [6.45, 7) is 5.36. The van der Waals surface area contributed by atoms with Crippen LogP contribution < -0.4 is 5.11 Å². The van der Waals surface area contributed by atoms with Crippen LogP contribution in [-0.2, 0) is 9.53 Å². The van der Waals surface area contributed by atoms with Crippen molar-refractivity contribution in [1.29, 1.82) is 0 Å². The topological polar surface area (TPSA) is 69.6 Å². The third-order valence-corrected chi connectivity index (χ3v) is 3.64. The van der Waals surface area contributed by atoms with E-state index in [1.54, 1.807) is 20.8 Å². The largest absolute Gasteiger partial charge is 0.875 e. The van der Waals surface area contributed by atoms with Gasteiger partial charge in [-0.05, 0) is 58.8 Å². The summed E-state index contributed by atoms with van der Waals surface area (Å²) in [5.41, 5.74) is -1.20. The van der Waals surface area contributed by atoms with Gasteiger partial charge >= 0.3 is 5.97 Å². The fraction of sp³-hybridized carbons (Fsp3) is 0.786. The average molecular weight is 253 g/mol. The Kier molecular flexibility index (Phi) is 3.18. The summed E-state index contributed by atoms with van der Waals surface area (Å²) in [6.07, 6.45) is 2.91. The van der Waals surface area contributed by atoms with Gasteiger partial charge in [-0.25, -0.2) is 4.79 Å². The second-order valence-electron chi connectivity index (χ2n) is 6.53. The standard InChI is InChI=1S/C14H22O4/c1-13(2,3)18-12(16)11-9-5-4-6-14(17,7-9)8-10(11)15/h9,15,17H,4-8H2,1-3H3/p-1. The monoisotopic (exact) mass is 253 g/mol. The first-order valence-corrected chi connectivity index (χ1v) is 6.56. The van der Waals surface area contributed by atoms with Crippen LogP contribution in [0, 0.1) is 5.92 Å². The van der Waals surface area contributed by atoms with Crippen LogP contribution in [0.4, 0.5) is 0 Å².